The van der Waals surface area contributed by atoms with E-state index in [0.717, 1.165) is 22.4 Å². The first-order chi connectivity index (χ1) is 16.7. The molecule has 9 heteroatoms. The number of fused-ring (bicyclic) bond motifs is 1. The molecule has 1 fully saturated rings. The third kappa shape index (κ3) is 4.71. The van der Waals surface area contributed by atoms with E-state index in [0.29, 0.717) is 34.5 Å². The first kappa shape index (κ1) is 23.2. The Morgan fingerprint density at radius 2 is 2.03 bits per heavy atom. The molecule has 0 spiro atoms. The van der Waals surface area contributed by atoms with Gasteiger partial charge in [0.05, 0.1) is 29.8 Å². The Hall–Kier alpha value is -3.51. The van der Waals surface area contributed by atoms with Gasteiger partial charge in [-0.25, -0.2) is 14.5 Å². The summed E-state index contributed by atoms with van der Waals surface area (Å²) < 4.78 is 13.4. The van der Waals surface area contributed by atoms with Crippen LogP contribution in [-0.2, 0) is 9.47 Å². The van der Waals surface area contributed by atoms with E-state index in [1.807, 2.05) is 64.2 Å². The van der Waals surface area contributed by atoms with Crippen molar-refractivity contribution in [3.63, 3.8) is 0 Å². The van der Waals surface area contributed by atoms with Crippen molar-refractivity contribution in [3.8, 4) is 28.5 Å². The van der Waals surface area contributed by atoms with Gasteiger partial charge in [-0.05, 0) is 63.6 Å². The van der Waals surface area contributed by atoms with E-state index in [1.165, 1.54) is 0 Å². The summed E-state index contributed by atoms with van der Waals surface area (Å²) in [5.74, 6) is 0.0933. The van der Waals surface area contributed by atoms with Crippen LogP contribution in [0.2, 0.25) is 5.15 Å². The van der Waals surface area contributed by atoms with Crippen molar-refractivity contribution in [2.75, 3.05) is 11.9 Å². The van der Waals surface area contributed by atoms with E-state index in [4.69, 9.17) is 31.2 Å². The number of aromatic nitrogens is 4. The molecule has 2 atom stereocenters. The average molecular weight is 489 g/mol. The van der Waals surface area contributed by atoms with Crippen LogP contribution in [0, 0.1) is 18.3 Å². The zero-order valence-corrected chi connectivity index (χ0v) is 20.7. The number of nitrogens with zero attached hydrogens (tertiary/aromatic N) is 5. The standard InChI is InChI=1S/C26H25ClN6O2/c1-15-10-19(12-21(27)29-15)23-24(18-7-5-6-17(11-18)13-28)32-33-9-8-22(31-25(23)33)30-16(2)20-14-34-26(3,4)35-20/h5-12,16,20H,14H2,1-4H3,(H,30,31)/t16?,20-/m1/s1. The van der Waals surface area contributed by atoms with Crippen molar-refractivity contribution in [1.29, 1.82) is 5.26 Å². The maximum atomic E-state index is 9.41. The second kappa shape index (κ2) is 8.93. The lowest BCUT2D eigenvalue weighted by molar-refractivity contribution is -0.139. The van der Waals surface area contributed by atoms with Gasteiger partial charge in [-0.3, -0.25) is 0 Å². The largest absolute Gasteiger partial charge is 0.365 e. The van der Waals surface area contributed by atoms with Crippen LogP contribution in [0.3, 0.4) is 0 Å². The van der Waals surface area contributed by atoms with E-state index < -0.39 is 5.79 Å². The summed E-state index contributed by atoms with van der Waals surface area (Å²) in [4.78, 5) is 9.22. The van der Waals surface area contributed by atoms with Crippen LogP contribution in [0.25, 0.3) is 28.0 Å². The molecule has 1 N–H and O–H groups in total. The van der Waals surface area contributed by atoms with Crippen LogP contribution < -0.4 is 5.32 Å². The van der Waals surface area contributed by atoms with Crippen molar-refractivity contribution in [3.05, 3.63) is 65.1 Å². The Balaban J connectivity index is 1.61. The van der Waals surface area contributed by atoms with Crippen LogP contribution >= 0.6 is 11.6 Å². The fraction of sp³-hybridized carbons (Fsp3) is 0.308. The molecular weight excluding hydrogens is 464 g/mol. The second-order valence-corrected chi connectivity index (χ2v) is 9.50. The smallest absolute Gasteiger partial charge is 0.165 e. The lowest BCUT2D eigenvalue weighted by Crippen LogP contribution is -2.34. The van der Waals surface area contributed by atoms with E-state index in [2.05, 4.69) is 16.4 Å². The van der Waals surface area contributed by atoms with Gasteiger partial charge in [0.15, 0.2) is 11.4 Å². The first-order valence-corrected chi connectivity index (χ1v) is 11.7. The number of pyridine rings is 1. The van der Waals surface area contributed by atoms with E-state index in [-0.39, 0.29) is 12.1 Å². The van der Waals surface area contributed by atoms with Crippen molar-refractivity contribution in [1.82, 2.24) is 19.6 Å². The van der Waals surface area contributed by atoms with Crippen LogP contribution in [0.15, 0.2) is 48.7 Å². The van der Waals surface area contributed by atoms with Gasteiger partial charge < -0.3 is 14.8 Å². The molecule has 4 heterocycles. The van der Waals surface area contributed by atoms with Gasteiger partial charge >= 0.3 is 0 Å². The molecule has 5 rings (SSSR count). The second-order valence-electron chi connectivity index (χ2n) is 9.12. The molecule has 0 saturated carbocycles. The maximum Gasteiger partial charge on any atom is 0.165 e. The third-order valence-corrected chi connectivity index (χ3v) is 6.12. The summed E-state index contributed by atoms with van der Waals surface area (Å²) in [7, 11) is 0. The number of benzene rings is 1. The fourth-order valence-corrected chi connectivity index (χ4v) is 4.52. The minimum atomic E-state index is -0.595. The van der Waals surface area contributed by atoms with Crippen LogP contribution in [-0.4, -0.2) is 44.1 Å². The number of anilines is 1. The highest BCUT2D eigenvalue weighted by Crippen LogP contribution is 2.36. The zero-order valence-electron chi connectivity index (χ0n) is 19.9. The summed E-state index contributed by atoms with van der Waals surface area (Å²) in [6, 6.07) is 15.2. The summed E-state index contributed by atoms with van der Waals surface area (Å²) in [5, 5.41) is 18.1. The van der Waals surface area contributed by atoms with Gasteiger partial charge in [0, 0.05) is 17.5 Å². The number of nitrogens with one attached hydrogen (secondary N) is 1. The monoisotopic (exact) mass is 488 g/mol. The number of ether oxygens (including phenoxy) is 2. The number of halogens is 1. The number of hydrogen-bond donors (Lipinski definition) is 1. The van der Waals surface area contributed by atoms with Crippen molar-refractivity contribution < 1.29 is 9.47 Å². The van der Waals surface area contributed by atoms with Gasteiger partial charge in [0.1, 0.15) is 22.8 Å². The summed E-state index contributed by atoms with van der Waals surface area (Å²) in [5.41, 5.74) is 5.18. The summed E-state index contributed by atoms with van der Waals surface area (Å²) in [6.07, 6.45) is 1.77. The predicted octanol–water partition coefficient (Wildman–Crippen LogP) is 5.24. The fourth-order valence-electron chi connectivity index (χ4n) is 4.27. The van der Waals surface area contributed by atoms with Gasteiger partial charge in [-0.1, -0.05) is 23.7 Å². The minimum absolute atomic E-state index is 0.0255. The van der Waals surface area contributed by atoms with Gasteiger partial charge in [0.2, 0.25) is 0 Å². The summed E-state index contributed by atoms with van der Waals surface area (Å²) >= 11 is 6.32. The quantitative estimate of drug-likeness (QED) is 0.383. The van der Waals surface area contributed by atoms with Gasteiger partial charge in [-0.2, -0.15) is 10.4 Å². The minimum Gasteiger partial charge on any atom is -0.365 e. The highest BCUT2D eigenvalue weighted by Gasteiger charge is 2.36. The Kier molecular flexibility index (Phi) is 5.93. The third-order valence-electron chi connectivity index (χ3n) is 5.92. The highest BCUT2D eigenvalue weighted by molar-refractivity contribution is 6.29. The van der Waals surface area contributed by atoms with E-state index in [1.54, 1.807) is 16.6 Å². The predicted molar refractivity (Wildman–Crippen MR) is 134 cm³/mol. The average Bonchev–Trinajstić information content (AvgIpc) is 3.38. The molecule has 0 radical (unpaired) electrons. The molecule has 1 aromatic carbocycles. The Labute approximate surface area is 208 Å². The molecule has 1 aliphatic rings. The van der Waals surface area contributed by atoms with Crippen LogP contribution in [0.1, 0.15) is 32.0 Å². The van der Waals surface area contributed by atoms with Gasteiger partial charge in [-0.15, -0.1) is 0 Å². The van der Waals surface area contributed by atoms with Gasteiger partial charge in [0.25, 0.3) is 0 Å². The Morgan fingerprint density at radius 3 is 2.74 bits per heavy atom. The molecule has 0 aliphatic carbocycles. The molecular formula is C26H25ClN6O2. The van der Waals surface area contributed by atoms with E-state index >= 15 is 0 Å². The van der Waals surface area contributed by atoms with Crippen molar-refractivity contribution in [2.24, 2.45) is 0 Å². The summed E-state index contributed by atoms with van der Waals surface area (Å²) in [6.45, 7) is 8.27. The molecule has 0 amide bonds. The number of rotatable bonds is 5. The van der Waals surface area contributed by atoms with E-state index in [9.17, 15) is 5.26 Å². The van der Waals surface area contributed by atoms with Crippen LogP contribution in [0.4, 0.5) is 5.82 Å². The number of hydrogen-bond acceptors (Lipinski definition) is 7. The lowest BCUT2D eigenvalue weighted by atomic mass is 10.00. The number of aryl methyl sites for hydroxylation is 1. The molecule has 1 unspecified atom stereocenters. The Morgan fingerprint density at radius 1 is 1.20 bits per heavy atom. The Bertz CT molecular complexity index is 1440. The van der Waals surface area contributed by atoms with Crippen molar-refractivity contribution >= 4 is 23.1 Å². The zero-order chi connectivity index (χ0) is 24.7. The first-order valence-electron chi connectivity index (χ1n) is 11.4. The molecule has 8 nitrogen and oxygen atoms in total. The molecule has 1 saturated heterocycles. The molecule has 35 heavy (non-hydrogen) atoms. The highest BCUT2D eigenvalue weighted by atomic mass is 35.5. The topological polar surface area (TPSA) is 97.4 Å². The maximum absolute atomic E-state index is 9.41. The van der Waals surface area contributed by atoms with Crippen molar-refractivity contribution in [2.45, 2.75) is 45.6 Å². The van der Waals surface area contributed by atoms with Crippen LogP contribution in [0.5, 0.6) is 0 Å². The number of nitriles is 1. The normalized spacial score (nSPS) is 17.9. The lowest BCUT2D eigenvalue weighted by Gasteiger charge is -2.22. The molecule has 3 aromatic heterocycles. The molecule has 1 aliphatic heterocycles. The molecule has 0 bridgehead atoms. The molecule has 4 aromatic rings. The molecule has 178 valence electrons. The SMILES string of the molecule is Cc1cc(-c2c(-c3cccc(C#N)c3)nn3ccc(NC(C)[C@H]4COC(C)(C)O4)nc23)cc(Cl)n1.